The Morgan fingerprint density at radius 2 is 1.97 bits per heavy atom. The molecule has 1 aromatic rings. The van der Waals surface area contributed by atoms with E-state index in [9.17, 15) is 19.5 Å². The summed E-state index contributed by atoms with van der Waals surface area (Å²) in [6.45, 7) is 3.84. The van der Waals surface area contributed by atoms with Gasteiger partial charge in [0.05, 0.1) is 36.3 Å². The molecule has 3 aliphatic heterocycles. The number of nitrogens with one attached hydrogen (secondary N) is 2. The molecule has 3 aliphatic rings. The third kappa shape index (κ3) is 3.89. The molecule has 3 heterocycles. The lowest BCUT2D eigenvalue weighted by molar-refractivity contribution is -0.142. The first kappa shape index (κ1) is 23.9. The van der Waals surface area contributed by atoms with Crippen molar-refractivity contribution >= 4 is 35.2 Å². The number of thioether (sulfide) groups is 1. The van der Waals surface area contributed by atoms with Gasteiger partial charge in [0.2, 0.25) is 17.7 Å². The van der Waals surface area contributed by atoms with Gasteiger partial charge in [0.25, 0.3) is 0 Å². The van der Waals surface area contributed by atoms with Crippen LogP contribution < -0.4 is 15.4 Å². The third-order valence-corrected chi connectivity index (χ3v) is 9.19. The number of nitrogens with zero attached hydrogens (tertiary/aromatic N) is 1. The maximum Gasteiger partial charge on any atom is 0.248 e. The Kier molecular flexibility index (Phi) is 6.64. The van der Waals surface area contributed by atoms with E-state index in [-0.39, 0.29) is 35.5 Å². The van der Waals surface area contributed by atoms with Crippen LogP contribution in [0.3, 0.4) is 0 Å². The van der Waals surface area contributed by atoms with E-state index in [1.54, 1.807) is 55.1 Å². The number of fused-ring (bicyclic) bond motifs is 1. The summed E-state index contributed by atoms with van der Waals surface area (Å²) in [6.07, 6.45) is 2.07. The fourth-order valence-corrected chi connectivity index (χ4v) is 8.16. The maximum absolute atomic E-state index is 13.9. The molecule has 8 nitrogen and oxygen atoms in total. The number of carbonyl (C=O) groups is 3. The number of rotatable bonds is 8. The van der Waals surface area contributed by atoms with E-state index < -0.39 is 28.7 Å². The molecule has 0 saturated carbocycles. The predicted molar refractivity (Wildman–Crippen MR) is 127 cm³/mol. The highest BCUT2D eigenvalue weighted by Gasteiger charge is 2.74. The van der Waals surface area contributed by atoms with Gasteiger partial charge in [-0.25, -0.2) is 0 Å². The van der Waals surface area contributed by atoms with Gasteiger partial charge in [-0.15, -0.1) is 11.8 Å². The molecule has 3 fully saturated rings. The van der Waals surface area contributed by atoms with Crippen molar-refractivity contribution in [1.82, 2.24) is 10.2 Å². The van der Waals surface area contributed by atoms with E-state index in [2.05, 4.69) is 10.6 Å². The van der Waals surface area contributed by atoms with Crippen LogP contribution in [0.2, 0.25) is 0 Å². The Hall–Kier alpha value is -2.26. The predicted octanol–water partition coefficient (Wildman–Crippen LogP) is 1.88. The van der Waals surface area contributed by atoms with Crippen molar-refractivity contribution in [2.75, 3.05) is 26.1 Å². The van der Waals surface area contributed by atoms with E-state index in [0.717, 1.165) is 6.42 Å². The van der Waals surface area contributed by atoms with Crippen LogP contribution in [-0.2, 0) is 14.4 Å². The first-order valence-electron chi connectivity index (χ1n) is 11.5. The lowest BCUT2D eigenvalue weighted by atomic mass is 9.70. The Morgan fingerprint density at radius 3 is 2.55 bits per heavy atom. The standard InChI is InChI=1S/C24H33N3O5S/c1-13(2)11-15(12-28)27-20(22(30)26-14-5-7-16(32-4)8-6-14)24-10-9-17(33-24)18(21(29)25-3)19(24)23(27)31/h5-8,13,15,17-20,28H,9-12H2,1-4H3,(H,25,29)(H,26,30)/t15-,17-,18+,19+,20?,24?/m1/s1. The lowest BCUT2D eigenvalue weighted by Gasteiger charge is -2.37. The molecule has 1 aromatic carbocycles. The van der Waals surface area contributed by atoms with Gasteiger partial charge in [-0.1, -0.05) is 13.8 Å². The molecule has 3 amide bonds. The van der Waals surface area contributed by atoms with Crippen LogP contribution in [0.1, 0.15) is 33.1 Å². The van der Waals surface area contributed by atoms with E-state index in [1.807, 2.05) is 13.8 Å². The van der Waals surface area contributed by atoms with Crippen LogP contribution in [0, 0.1) is 17.8 Å². The Bertz CT molecular complexity index is 923. The molecule has 180 valence electrons. The van der Waals surface area contributed by atoms with E-state index >= 15 is 0 Å². The van der Waals surface area contributed by atoms with Gasteiger partial charge in [0.15, 0.2) is 0 Å². The van der Waals surface area contributed by atoms with E-state index in [1.165, 1.54) is 0 Å². The number of carbonyl (C=O) groups excluding carboxylic acids is 3. The van der Waals surface area contributed by atoms with Crippen molar-refractivity contribution in [2.45, 2.75) is 55.2 Å². The second-order valence-corrected chi connectivity index (χ2v) is 11.2. The number of benzene rings is 1. The molecule has 0 radical (unpaired) electrons. The molecular weight excluding hydrogens is 442 g/mol. The summed E-state index contributed by atoms with van der Waals surface area (Å²) < 4.78 is 4.53. The van der Waals surface area contributed by atoms with Crippen LogP contribution >= 0.6 is 11.8 Å². The minimum absolute atomic E-state index is 0.0232. The quantitative estimate of drug-likeness (QED) is 0.530. The van der Waals surface area contributed by atoms with Crippen LogP contribution in [0.15, 0.2) is 24.3 Å². The fourth-order valence-electron chi connectivity index (χ4n) is 5.96. The zero-order valence-corrected chi connectivity index (χ0v) is 20.4. The number of anilines is 1. The van der Waals surface area contributed by atoms with Gasteiger partial charge in [-0.3, -0.25) is 14.4 Å². The summed E-state index contributed by atoms with van der Waals surface area (Å²) in [5, 5.41) is 16.0. The number of methoxy groups -OCH3 is 1. The Morgan fingerprint density at radius 1 is 1.27 bits per heavy atom. The van der Waals surface area contributed by atoms with Gasteiger partial charge < -0.3 is 25.4 Å². The topological polar surface area (TPSA) is 108 Å². The molecule has 2 unspecified atom stereocenters. The van der Waals surface area contributed by atoms with Crippen molar-refractivity contribution in [3.8, 4) is 5.75 Å². The van der Waals surface area contributed by atoms with Crippen molar-refractivity contribution in [1.29, 1.82) is 0 Å². The smallest absolute Gasteiger partial charge is 0.248 e. The van der Waals surface area contributed by atoms with Gasteiger partial charge in [-0.05, 0) is 49.4 Å². The van der Waals surface area contributed by atoms with Crippen LogP contribution in [0.25, 0.3) is 0 Å². The molecule has 0 aliphatic carbocycles. The van der Waals surface area contributed by atoms with Gasteiger partial charge >= 0.3 is 0 Å². The lowest BCUT2D eigenvalue weighted by Crippen LogP contribution is -2.55. The molecule has 0 aromatic heterocycles. The second-order valence-electron chi connectivity index (χ2n) is 9.60. The molecule has 3 saturated heterocycles. The Balaban J connectivity index is 1.72. The number of aliphatic hydroxyl groups is 1. The molecule has 9 heteroatoms. The first-order valence-corrected chi connectivity index (χ1v) is 12.4. The Labute approximate surface area is 198 Å². The molecule has 2 bridgehead atoms. The van der Waals surface area contributed by atoms with Crippen molar-refractivity contribution in [3.63, 3.8) is 0 Å². The highest BCUT2D eigenvalue weighted by atomic mass is 32.2. The van der Waals surface area contributed by atoms with Gasteiger partial charge in [0.1, 0.15) is 11.8 Å². The van der Waals surface area contributed by atoms with Gasteiger partial charge in [0, 0.05) is 18.0 Å². The highest BCUT2D eigenvalue weighted by molar-refractivity contribution is 8.02. The normalized spacial score (nSPS) is 31.0. The SMILES string of the molecule is CNC(=O)[C@@H]1[C@H]2C(=O)N([C@@H](CO)CC(C)C)C(C(=O)Nc3ccc(OC)cc3)C23CC[C@H]1S3. The monoisotopic (exact) mass is 475 g/mol. The summed E-state index contributed by atoms with van der Waals surface area (Å²) >= 11 is 1.62. The average molecular weight is 476 g/mol. The summed E-state index contributed by atoms with van der Waals surface area (Å²) in [5.74, 6) is -0.711. The molecular formula is C24H33N3O5S. The average Bonchev–Trinajstić information content (AvgIpc) is 3.44. The zero-order chi connectivity index (χ0) is 23.9. The van der Waals surface area contributed by atoms with Crippen LogP contribution in [0.4, 0.5) is 5.69 Å². The third-order valence-electron chi connectivity index (χ3n) is 7.24. The van der Waals surface area contributed by atoms with E-state index in [0.29, 0.717) is 24.3 Å². The van der Waals surface area contributed by atoms with E-state index in [4.69, 9.17) is 4.74 Å². The molecule has 3 N–H and O–H groups in total. The fraction of sp³-hybridized carbons (Fsp3) is 0.625. The summed E-state index contributed by atoms with van der Waals surface area (Å²) in [7, 11) is 3.17. The zero-order valence-electron chi connectivity index (χ0n) is 19.5. The van der Waals surface area contributed by atoms with Crippen molar-refractivity contribution < 1.29 is 24.2 Å². The van der Waals surface area contributed by atoms with Crippen molar-refractivity contribution in [3.05, 3.63) is 24.3 Å². The van der Waals surface area contributed by atoms with Crippen LogP contribution in [-0.4, -0.2) is 70.6 Å². The number of aliphatic hydroxyl groups excluding tert-OH is 1. The number of ether oxygens (including phenoxy) is 1. The van der Waals surface area contributed by atoms with Gasteiger partial charge in [-0.2, -0.15) is 0 Å². The minimum atomic E-state index is -0.752. The maximum atomic E-state index is 13.9. The molecule has 6 atom stereocenters. The minimum Gasteiger partial charge on any atom is -0.497 e. The number of hydrogen-bond donors (Lipinski definition) is 3. The molecule has 33 heavy (non-hydrogen) atoms. The van der Waals surface area contributed by atoms with Crippen molar-refractivity contribution in [2.24, 2.45) is 17.8 Å². The first-order chi connectivity index (χ1) is 15.8. The number of likely N-dealkylation sites (tertiary alicyclic amines) is 1. The largest absolute Gasteiger partial charge is 0.497 e. The number of amides is 3. The second kappa shape index (κ2) is 9.18. The summed E-state index contributed by atoms with van der Waals surface area (Å²) in [4.78, 5) is 42.0. The highest BCUT2D eigenvalue weighted by Crippen LogP contribution is 2.66. The molecule has 1 spiro atoms. The number of hydrogen-bond acceptors (Lipinski definition) is 6. The summed E-state index contributed by atoms with van der Waals surface area (Å²) in [6, 6.07) is 5.82. The van der Waals surface area contributed by atoms with Crippen LogP contribution in [0.5, 0.6) is 5.75 Å². The summed E-state index contributed by atoms with van der Waals surface area (Å²) in [5.41, 5.74) is 0.609. The molecule has 4 rings (SSSR count).